The zero-order valence-corrected chi connectivity index (χ0v) is 12.7. The maximum atomic E-state index is 13.5. The molecule has 0 fully saturated rings. The molecule has 0 bridgehead atoms. The molecule has 6 heteroatoms. The molecule has 2 aromatic rings. The van der Waals surface area contributed by atoms with Crippen molar-refractivity contribution < 1.29 is 9.18 Å². The van der Waals surface area contributed by atoms with Gasteiger partial charge in [-0.1, -0.05) is 29.9 Å². The fourth-order valence-corrected chi connectivity index (χ4v) is 2.11. The van der Waals surface area contributed by atoms with Gasteiger partial charge in [-0.15, -0.1) is 0 Å². The Bertz CT molecular complexity index is 734. The number of anilines is 1. The molecule has 3 N–H and O–H groups in total. The number of carbonyl (C=O) groups is 1. The lowest BCUT2D eigenvalue weighted by Crippen LogP contribution is -2.17. The second kappa shape index (κ2) is 6.20. The standard InChI is InChI=1S/C15H12ClFN2OS/c1-8-2-3-9(6-12(8)17)15(20)19-13-7-10(16)4-5-11(13)14(18)21/h2-7H,1H3,(H2,18,21)(H,19,20). The average molecular weight is 323 g/mol. The van der Waals surface area contributed by atoms with Crippen molar-refractivity contribution in [3.8, 4) is 0 Å². The summed E-state index contributed by atoms with van der Waals surface area (Å²) < 4.78 is 13.5. The molecule has 0 aliphatic rings. The van der Waals surface area contributed by atoms with Crippen molar-refractivity contribution in [1.82, 2.24) is 0 Å². The van der Waals surface area contributed by atoms with E-state index < -0.39 is 11.7 Å². The van der Waals surface area contributed by atoms with E-state index in [-0.39, 0.29) is 10.6 Å². The van der Waals surface area contributed by atoms with E-state index in [9.17, 15) is 9.18 Å². The van der Waals surface area contributed by atoms with Crippen LogP contribution in [0.25, 0.3) is 0 Å². The second-order valence-corrected chi connectivity index (χ2v) is 5.35. The molecule has 0 saturated heterocycles. The summed E-state index contributed by atoms with van der Waals surface area (Å²) in [6.07, 6.45) is 0. The van der Waals surface area contributed by atoms with Gasteiger partial charge in [0.2, 0.25) is 0 Å². The molecule has 108 valence electrons. The number of nitrogens with two attached hydrogens (primary N) is 1. The van der Waals surface area contributed by atoms with E-state index in [4.69, 9.17) is 29.6 Å². The Morgan fingerprint density at radius 1 is 1.29 bits per heavy atom. The van der Waals surface area contributed by atoms with Gasteiger partial charge in [-0.25, -0.2) is 4.39 Å². The van der Waals surface area contributed by atoms with E-state index in [0.717, 1.165) is 0 Å². The van der Waals surface area contributed by atoms with Crippen LogP contribution in [0.4, 0.5) is 10.1 Å². The van der Waals surface area contributed by atoms with Crippen LogP contribution in [0, 0.1) is 12.7 Å². The van der Waals surface area contributed by atoms with Crippen LogP contribution in [0.15, 0.2) is 36.4 Å². The van der Waals surface area contributed by atoms with Crippen molar-refractivity contribution in [3.05, 3.63) is 63.9 Å². The SMILES string of the molecule is Cc1ccc(C(=O)Nc2cc(Cl)ccc2C(N)=S)cc1F. The van der Waals surface area contributed by atoms with E-state index >= 15 is 0 Å². The summed E-state index contributed by atoms with van der Waals surface area (Å²) in [5.41, 5.74) is 7.16. The van der Waals surface area contributed by atoms with Gasteiger partial charge >= 0.3 is 0 Å². The van der Waals surface area contributed by atoms with Gasteiger partial charge in [0.05, 0.1) is 5.69 Å². The summed E-state index contributed by atoms with van der Waals surface area (Å²) in [7, 11) is 0. The van der Waals surface area contributed by atoms with Crippen molar-refractivity contribution in [1.29, 1.82) is 0 Å². The fourth-order valence-electron chi connectivity index (χ4n) is 1.76. The minimum Gasteiger partial charge on any atom is -0.389 e. The lowest BCUT2D eigenvalue weighted by atomic mass is 10.1. The summed E-state index contributed by atoms with van der Waals surface area (Å²) in [5.74, 6) is -0.906. The number of hydrogen-bond acceptors (Lipinski definition) is 2. The second-order valence-electron chi connectivity index (χ2n) is 4.47. The van der Waals surface area contributed by atoms with Gasteiger partial charge in [0.1, 0.15) is 10.8 Å². The van der Waals surface area contributed by atoms with Gasteiger partial charge in [-0.3, -0.25) is 4.79 Å². The smallest absolute Gasteiger partial charge is 0.255 e. The molecule has 0 radical (unpaired) electrons. The number of carbonyl (C=O) groups excluding carboxylic acids is 1. The number of benzene rings is 2. The van der Waals surface area contributed by atoms with Gasteiger partial charge in [0.25, 0.3) is 5.91 Å². The first-order valence-electron chi connectivity index (χ1n) is 6.05. The van der Waals surface area contributed by atoms with Crippen molar-refractivity contribution in [2.24, 2.45) is 5.73 Å². The third-order valence-corrected chi connectivity index (χ3v) is 3.38. The van der Waals surface area contributed by atoms with Gasteiger partial charge in [-0.2, -0.15) is 0 Å². The molecule has 1 amide bonds. The highest BCUT2D eigenvalue weighted by Crippen LogP contribution is 2.22. The summed E-state index contributed by atoms with van der Waals surface area (Å²) in [6, 6.07) is 9.04. The molecule has 0 heterocycles. The fraction of sp³-hybridized carbons (Fsp3) is 0.0667. The lowest BCUT2D eigenvalue weighted by Gasteiger charge is -2.11. The predicted octanol–water partition coefficient (Wildman–Crippen LogP) is 3.67. The first-order valence-corrected chi connectivity index (χ1v) is 6.84. The van der Waals surface area contributed by atoms with Crippen LogP contribution in [-0.4, -0.2) is 10.9 Å². The Hall–Kier alpha value is -1.98. The van der Waals surface area contributed by atoms with Gasteiger partial charge in [-0.05, 0) is 42.8 Å². The number of halogens is 2. The summed E-state index contributed by atoms with van der Waals surface area (Å²) >= 11 is 10.8. The minimum atomic E-state index is -0.464. The summed E-state index contributed by atoms with van der Waals surface area (Å²) in [5, 5.41) is 3.07. The zero-order valence-electron chi connectivity index (χ0n) is 11.1. The molecular weight excluding hydrogens is 311 g/mol. The molecule has 3 nitrogen and oxygen atoms in total. The Kier molecular flexibility index (Phi) is 4.55. The van der Waals surface area contributed by atoms with Crippen LogP contribution in [-0.2, 0) is 0 Å². The molecule has 0 spiro atoms. The zero-order chi connectivity index (χ0) is 15.6. The van der Waals surface area contributed by atoms with Crippen molar-refractivity contribution in [2.75, 3.05) is 5.32 Å². The third-order valence-electron chi connectivity index (χ3n) is 2.93. The lowest BCUT2D eigenvalue weighted by molar-refractivity contribution is 0.102. The number of hydrogen-bond donors (Lipinski definition) is 2. The first kappa shape index (κ1) is 15.4. The molecule has 0 aliphatic carbocycles. The van der Waals surface area contributed by atoms with Gasteiger partial charge in [0.15, 0.2) is 0 Å². The van der Waals surface area contributed by atoms with E-state index in [2.05, 4.69) is 5.32 Å². The topological polar surface area (TPSA) is 55.1 Å². The first-order chi connectivity index (χ1) is 9.88. The Balaban J connectivity index is 2.33. The number of aryl methyl sites for hydroxylation is 1. The molecule has 0 atom stereocenters. The monoisotopic (exact) mass is 322 g/mol. The largest absolute Gasteiger partial charge is 0.389 e. The summed E-state index contributed by atoms with van der Waals surface area (Å²) in [6.45, 7) is 1.62. The number of amides is 1. The molecule has 0 aromatic heterocycles. The minimum absolute atomic E-state index is 0.136. The summed E-state index contributed by atoms with van der Waals surface area (Å²) in [4.78, 5) is 12.3. The molecule has 0 saturated carbocycles. The van der Waals surface area contributed by atoms with Gasteiger partial charge < -0.3 is 11.1 Å². The Morgan fingerprint density at radius 2 is 2.00 bits per heavy atom. The maximum absolute atomic E-state index is 13.5. The highest BCUT2D eigenvalue weighted by atomic mass is 35.5. The number of rotatable bonds is 3. The highest BCUT2D eigenvalue weighted by Gasteiger charge is 2.12. The molecule has 2 aromatic carbocycles. The van der Waals surface area contributed by atoms with Crippen LogP contribution in [0.2, 0.25) is 5.02 Å². The average Bonchev–Trinajstić information content (AvgIpc) is 2.41. The quantitative estimate of drug-likeness (QED) is 0.848. The van der Waals surface area contributed by atoms with E-state index in [1.807, 2.05) is 0 Å². The molecule has 0 aliphatic heterocycles. The van der Waals surface area contributed by atoms with Crippen LogP contribution in [0.1, 0.15) is 21.5 Å². The number of nitrogens with one attached hydrogen (secondary N) is 1. The predicted molar refractivity (Wildman–Crippen MR) is 86.4 cm³/mol. The molecule has 2 rings (SSSR count). The molecule has 0 unspecified atom stereocenters. The van der Waals surface area contributed by atoms with Crippen LogP contribution >= 0.6 is 23.8 Å². The van der Waals surface area contributed by atoms with Crippen LogP contribution in [0.5, 0.6) is 0 Å². The Labute approximate surface area is 131 Å². The van der Waals surface area contributed by atoms with E-state index in [0.29, 0.717) is 21.8 Å². The van der Waals surface area contributed by atoms with Crippen LogP contribution < -0.4 is 11.1 Å². The maximum Gasteiger partial charge on any atom is 0.255 e. The third kappa shape index (κ3) is 3.56. The normalized spacial score (nSPS) is 10.2. The van der Waals surface area contributed by atoms with E-state index in [1.54, 1.807) is 31.2 Å². The number of thiocarbonyl (C=S) groups is 1. The Morgan fingerprint density at radius 3 is 2.62 bits per heavy atom. The van der Waals surface area contributed by atoms with Crippen LogP contribution in [0.3, 0.4) is 0 Å². The van der Waals surface area contributed by atoms with Crippen molar-refractivity contribution >= 4 is 40.4 Å². The molecular formula is C15H12ClFN2OS. The van der Waals surface area contributed by atoms with Crippen molar-refractivity contribution in [3.63, 3.8) is 0 Å². The van der Waals surface area contributed by atoms with Crippen molar-refractivity contribution in [2.45, 2.75) is 6.92 Å². The van der Waals surface area contributed by atoms with E-state index in [1.165, 1.54) is 12.1 Å². The molecule has 21 heavy (non-hydrogen) atoms. The van der Waals surface area contributed by atoms with Gasteiger partial charge in [0, 0.05) is 16.1 Å². The highest BCUT2D eigenvalue weighted by molar-refractivity contribution is 7.80.